The summed E-state index contributed by atoms with van der Waals surface area (Å²) >= 11 is 3.33. The van der Waals surface area contributed by atoms with Gasteiger partial charge in [-0.2, -0.15) is 0 Å². The highest BCUT2D eigenvalue weighted by atomic mass is 32.2. The number of hydrogen-bond donors (Lipinski definition) is 1. The summed E-state index contributed by atoms with van der Waals surface area (Å²) in [6.45, 7) is 0. The van der Waals surface area contributed by atoms with E-state index in [1.54, 1.807) is 47.6 Å². The van der Waals surface area contributed by atoms with Gasteiger partial charge in [0.1, 0.15) is 5.82 Å². The first-order valence-corrected chi connectivity index (χ1v) is 8.94. The predicted octanol–water partition coefficient (Wildman–Crippen LogP) is 5.58. The molecule has 2 nitrogen and oxygen atoms in total. The average Bonchev–Trinajstić information content (AvgIpc) is 3.04. The first-order valence-electron chi connectivity index (χ1n) is 7.18. The third kappa shape index (κ3) is 3.02. The molecule has 0 bridgehead atoms. The van der Waals surface area contributed by atoms with Crippen LogP contribution in [0.25, 0.3) is 5.70 Å². The Kier molecular flexibility index (Phi) is 3.89. The highest BCUT2D eigenvalue weighted by Crippen LogP contribution is 2.45. The van der Waals surface area contributed by atoms with Gasteiger partial charge in [-0.05, 0) is 53.4 Å². The molecule has 0 radical (unpaired) electrons. The smallest absolute Gasteiger partial charge is 0.124 e. The van der Waals surface area contributed by atoms with Crippen LogP contribution >= 0.6 is 23.1 Å². The number of hydrogen-bond acceptors (Lipinski definition) is 4. The molecule has 1 aliphatic heterocycles. The van der Waals surface area contributed by atoms with E-state index in [0.29, 0.717) is 0 Å². The maximum absolute atomic E-state index is 13.7. The molecule has 1 unspecified atom stereocenters. The molecule has 1 N–H and O–H groups in total. The Balaban J connectivity index is 1.82. The number of pyridine rings is 1. The summed E-state index contributed by atoms with van der Waals surface area (Å²) in [7, 11) is 0. The summed E-state index contributed by atoms with van der Waals surface area (Å²) in [5.74, 6) is -0.217. The molecule has 0 saturated carbocycles. The largest absolute Gasteiger partial charge is 0.354 e. The second-order valence-electron chi connectivity index (χ2n) is 5.14. The number of thioether (sulfide) groups is 1. The Morgan fingerprint density at radius 1 is 1.09 bits per heavy atom. The molecule has 3 aromatic rings. The van der Waals surface area contributed by atoms with E-state index in [1.165, 1.54) is 10.9 Å². The Bertz CT molecular complexity index is 845. The molecule has 5 heteroatoms. The van der Waals surface area contributed by atoms with Gasteiger partial charge in [0.25, 0.3) is 0 Å². The van der Waals surface area contributed by atoms with Crippen molar-refractivity contribution < 1.29 is 4.39 Å². The number of halogens is 1. The van der Waals surface area contributed by atoms with E-state index in [2.05, 4.69) is 27.8 Å². The molecule has 23 heavy (non-hydrogen) atoms. The normalized spacial score (nSPS) is 16.9. The van der Waals surface area contributed by atoms with Crippen molar-refractivity contribution in [2.24, 2.45) is 0 Å². The van der Waals surface area contributed by atoms with Gasteiger partial charge in [0.05, 0.1) is 21.5 Å². The van der Waals surface area contributed by atoms with Gasteiger partial charge < -0.3 is 5.32 Å². The minimum Gasteiger partial charge on any atom is -0.354 e. The maximum Gasteiger partial charge on any atom is 0.124 e. The fourth-order valence-electron chi connectivity index (χ4n) is 2.50. The molecule has 0 aliphatic carbocycles. The SMILES string of the molecule is Fc1ccc2c(c1)SC(c1ccncc1)C=C(c1cccs1)N2. The van der Waals surface area contributed by atoms with Crippen molar-refractivity contribution in [2.45, 2.75) is 10.1 Å². The van der Waals surface area contributed by atoms with E-state index < -0.39 is 0 Å². The van der Waals surface area contributed by atoms with E-state index in [4.69, 9.17) is 0 Å². The van der Waals surface area contributed by atoms with Crippen molar-refractivity contribution in [3.05, 3.63) is 82.6 Å². The number of thiophene rings is 1. The van der Waals surface area contributed by atoms with Gasteiger partial charge in [-0.3, -0.25) is 4.98 Å². The van der Waals surface area contributed by atoms with E-state index >= 15 is 0 Å². The van der Waals surface area contributed by atoms with Crippen LogP contribution in [0.5, 0.6) is 0 Å². The summed E-state index contributed by atoms with van der Waals surface area (Å²) in [6.07, 6.45) is 5.78. The van der Waals surface area contributed by atoms with Crippen molar-refractivity contribution in [3.63, 3.8) is 0 Å². The summed E-state index contributed by atoms with van der Waals surface area (Å²) in [4.78, 5) is 6.17. The lowest BCUT2D eigenvalue weighted by Crippen LogP contribution is -1.97. The first kappa shape index (κ1) is 14.5. The van der Waals surface area contributed by atoms with E-state index in [9.17, 15) is 4.39 Å². The second kappa shape index (κ2) is 6.18. The first-order chi connectivity index (χ1) is 11.3. The Labute approximate surface area is 142 Å². The topological polar surface area (TPSA) is 24.9 Å². The van der Waals surface area contributed by atoms with Crippen LogP contribution < -0.4 is 5.32 Å². The number of nitrogens with one attached hydrogen (secondary N) is 1. The molecule has 0 amide bonds. The predicted molar refractivity (Wildman–Crippen MR) is 95.2 cm³/mol. The molecular formula is C18H13FN2S2. The van der Waals surface area contributed by atoms with Crippen LogP contribution in [-0.4, -0.2) is 4.98 Å². The van der Waals surface area contributed by atoms with Crippen LogP contribution in [0.15, 0.2) is 71.2 Å². The number of anilines is 1. The second-order valence-corrected chi connectivity index (χ2v) is 7.27. The molecule has 1 aromatic carbocycles. The molecule has 114 valence electrons. The fourth-order valence-corrected chi connectivity index (χ4v) is 4.40. The van der Waals surface area contributed by atoms with Crippen LogP contribution in [-0.2, 0) is 0 Å². The van der Waals surface area contributed by atoms with Gasteiger partial charge in [0.2, 0.25) is 0 Å². The summed E-state index contributed by atoms with van der Waals surface area (Å²) in [6, 6.07) is 13.0. The maximum atomic E-state index is 13.7. The Morgan fingerprint density at radius 2 is 1.96 bits per heavy atom. The lowest BCUT2D eigenvalue weighted by Gasteiger charge is -2.12. The van der Waals surface area contributed by atoms with Gasteiger partial charge in [-0.1, -0.05) is 6.07 Å². The fraction of sp³-hybridized carbons (Fsp3) is 0.0556. The molecule has 0 spiro atoms. The number of rotatable bonds is 2. The van der Waals surface area contributed by atoms with Gasteiger partial charge in [0.15, 0.2) is 0 Å². The lowest BCUT2D eigenvalue weighted by atomic mass is 10.1. The molecule has 3 heterocycles. The molecule has 2 aromatic heterocycles. The Morgan fingerprint density at radius 3 is 2.74 bits per heavy atom. The van der Waals surface area contributed by atoms with Gasteiger partial charge in [0, 0.05) is 17.3 Å². The zero-order valence-corrected chi connectivity index (χ0v) is 13.7. The summed E-state index contributed by atoms with van der Waals surface area (Å²) in [5, 5.41) is 5.62. The Hall–Kier alpha value is -2.11. The van der Waals surface area contributed by atoms with E-state index in [0.717, 1.165) is 21.8 Å². The molecule has 4 rings (SSSR count). The third-order valence-corrected chi connectivity index (χ3v) is 5.76. The summed E-state index contributed by atoms with van der Waals surface area (Å²) in [5.41, 5.74) is 3.14. The van der Waals surface area contributed by atoms with Gasteiger partial charge in [-0.25, -0.2) is 4.39 Å². The van der Waals surface area contributed by atoms with Crippen LogP contribution in [0.1, 0.15) is 15.7 Å². The summed E-state index contributed by atoms with van der Waals surface area (Å²) < 4.78 is 13.7. The highest BCUT2D eigenvalue weighted by Gasteiger charge is 2.20. The van der Waals surface area contributed by atoms with Gasteiger partial charge in [-0.15, -0.1) is 23.1 Å². The molecular weight excluding hydrogens is 327 g/mol. The van der Waals surface area contributed by atoms with Crippen LogP contribution in [0.3, 0.4) is 0 Å². The zero-order chi connectivity index (χ0) is 15.6. The number of aromatic nitrogens is 1. The van der Waals surface area contributed by atoms with E-state index in [-0.39, 0.29) is 11.1 Å². The molecule has 0 saturated heterocycles. The minimum atomic E-state index is -0.217. The van der Waals surface area contributed by atoms with Crippen molar-refractivity contribution >= 4 is 34.5 Å². The number of nitrogens with zero attached hydrogens (tertiary/aromatic N) is 1. The molecule has 0 fully saturated rings. The van der Waals surface area contributed by atoms with Crippen molar-refractivity contribution in [2.75, 3.05) is 5.32 Å². The standard InChI is InChI=1S/C18H13FN2S2/c19-13-3-4-14-18(10-13)23-17(12-5-7-20-8-6-12)11-15(21-14)16-2-1-9-22-16/h1-11,17,21H. The average molecular weight is 340 g/mol. The quantitative estimate of drug-likeness (QED) is 0.659. The van der Waals surface area contributed by atoms with Crippen molar-refractivity contribution in [1.82, 2.24) is 4.98 Å². The highest BCUT2D eigenvalue weighted by molar-refractivity contribution is 7.99. The van der Waals surface area contributed by atoms with Crippen LogP contribution in [0, 0.1) is 5.82 Å². The van der Waals surface area contributed by atoms with Crippen LogP contribution in [0.4, 0.5) is 10.1 Å². The van der Waals surface area contributed by atoms with Crippen molar-refractivity contribution in [1.29, 1.82) is 0 Å². The third-order valence-electron chi connectivity index (χ3n) is 3.61. The van der Waals surface area contributed by atoms with Crippen molar-refractivity contribution in [3.8, 4) is 0 Å². The van der Waals surface area contributed by atoms with Crippen LogP contribution in [0.2, 0.25) is 0 Å². The molecule has 1 atom stereocenters. The lowest BCUT2D eigenvalue weighted by molar-refractivity contribution is 0.624. The molecule has 1 aliphatic rings. The minimum absolute atomic E-state index is 0.102. The number of fused-ring (bicyclic) bond motifs is 1. The van der Waals surface area contributed by atoms with Gasteiger partial charge >= 0.3 is 0 Å². The monoisotopic (exact) mass is 340 g/mol. The van der Waals surface area contributed by atoms with E-state index in [1.807, 2.05) is 18.2 Å². The number of benzene rings is 1. The zero-order valence-electron chi connectivity index (χ0n) is 12.1.